The Balaban J connectivity index is 1.63. The minimum atomic E-state index is -3.06. The minimum Gasteiger partial charge on any atom is -0.494 e. The van der Waals surface area contributed by atoms with Crippen molar-refractivity contribution in [1.82, 2.24) is 0 Å². The number of nitrogens with zero attached hydrogens (tertiary/aromatic N) is 2. The van der Waals surface area contributed by atoms with Crippen molar-refractivity contribution in [3.8, 4) is 5.75 Å². The van der Waals surface area contributed by atoms with E-state index in [1.807, 2.05) is 29.2 Å². The fourth-order valence-corrected chi connectivity index (χ4v) is 7.36. The first-order valence-electron chi connectivity index (χ1n) is 9.48. The van der Waals surface area contributed by atoms with E-state index in [0.717, 1.165) is 37.1 Å². The number of fused-ring (bicyclic) bond motifs is 1. The molecular weight excluding hydrogens is 384 g/mol. The van der Waals surface area contributed by atoms with Crippen molar-refractivity contribution in [2.45, 2.75) is 43.9 Å². The molecule has 27 heavy (non-hydrogen) atoms. The second kappa shape index (κ2) is 7.47. The van der Waals surface area contributed by atoms with E-state index in [1.165, 1.54) is 11.8 Å². The lowest BCUT2D eigenvalue weighted by Gasteiger charge is -2.25. The Morgan fingerprint density at radius 2 is 2.15 bits per heavy atom. The van der Waals surface area contributed by atoms with Gasteiger partial charge in [-0.2, -0.15) is 4.99 Å². The lowest BCUT2D eigenvalue weighted by molar-refractivity contribution is -0.118. The van der Waals surface area contributed by atoms with Gasteiger partial charge in [0.1, 0.15) is 5.75 Å². The van der Waals surface area contributed by atoms with E-state index >= 15 is 0 Å². The first-order valence-corrected chi connectivity index (χ1v) is 12.2. The molecule has 1 aromatic carbocycles. The van der Waals surface area contributed by atoms with E-state index in [1.54, 1.807) is 0 Å². The summed E-state index contributed by atoms with van der Waals surface area (Å²) in [5.74, 6) is 0.960. The van der Waals surface area contributed by atoms with Gasteiger partial charge >= 0.3 is 0 Å². The SMILES string of the molecule is CCCCOc1cccc(N2C(=NC(=O)C3CC3)S[C@H]3CS(=O)(=O)C[C@H]32)c1. The lowest BCUT2D eigenvalue weighted by Crippen LogP contribution is -2.37. The van der Waals surface area contributed by atoms with Crippen LogP contribution >= 0.6 is 11.8 Å². The number of carbonyl (C=O) groups is 1. The van der Waals surface area contributed by atoms with E-state index in [4.69, 9.17) is 4.74 Å². The van der Waals surface area contributed by atoms with Gasteiger partial charge < -0.3 is 9.64 Å². The van der Waals surface area contributed by atoms with Gasteiger partial charge in [0.05, 0.1) is 24.2 Å². The van der Waals surface area contributed by atoms with Crippen LogP contribution in [-0.2, 0) is 14.6 Å². The van der Waals surface area contributed by atoms with Crippen molar-refractivity contribution in [3.05, 3.63) is 24.3 Å². The maximum Gasteiger partial charge on any atom is 0.251 e. The van der Waals surface area contributed by atoms with Crippen LogP contribution in [0.15, 0.2) is 29.3 Å². The Bertz CT molecular complexity index is 864. The fourth-order valence-electron chi connectivity index (χ4n) is 3.44. The third-order valence-electron chi connectivity index (χ3n) is 5.06. The third kappa shape index (κ3) is 4.16. The van der Waals surface area contributed by atoms with Gasteiger partial charge in [-0.3, -0.25) is 4.79 Å². The highest BCUT2D eigenvalue weighted by Gasteiger charge is 2.49. The maximum absolute atomic E-state index is 12.3. The molecule has 1 amide bonds. The number of sulfone groups is 1. The first kappa shape index (κ1) is 18.8. The molecule has 0 N–H and O–H groups in total. The Labute approximate surface area is 164 Å². The zero-order chi connectivity index (χ0) is 19.0. The first-order chi connectivity index (χ1) is 13.0. The Morgan fingerprint density at radius 1 is 1.33 bits per heavy atom. The van der Waals surface area contributed by atoms with Crippen molar-refractivity contribution in [2.75, 3.05) is 23.0 Å². The van der Waals surface area contributed by atoms with Crippen molar-refractivity contribution in [3.63, 3.8) is 0 Å². The van der Waals surface area contributed by atoms with Crippen LogP contribution in [0.1, 0.15) is 32.6 Å². The molecule has 2 atom stereocenters. The summed E-state index contributed by atoms with van der Waals surface area (Å²) < 4.78 is 30.1. The van der Waals surface area contributed by atoms with Gasteiger partial charge in [-0.15, -0.1) is 0 Å². The quantitative estimate of drug-likeness (QED) is 0.674. The van der Waals surface area contributed by atoms with E-state index in [9.17, 15) is 13.2 Å². The highest BCUT2D eigenvalue weighted by molar-refractivity contribution is 8.16. The van der Waals surface area contributed by atoms with Gasteiger partial charge in [0, 0.05) is 22.9 Å². The van der Waals surface area contributed by atoms with Crippen LogP contribution in [0.5, 0.6) is 5.75 Å². The highest BCUT2D eigenvalue weighted by atomic mass is 32.2. The summed E-state index contributed by atoms with van der Waals surface area (Å²) in [5.41, 5.74) is 0.837. The van der Waals surface area contributed by atoms with Crippen LogP contribution in [0.25, 0.3) is 0 Å². The number of amides is 1. The average molecular weight is 409 g/mol. The molecule has 0 aromatic heterocycles. The standard InChI is InChI=1S/C19H24N2O4S2/c1-2-3-9-25-15-6-4-5-14(10-15)21-16-11-27(23,24)12-17(16)26-19(21)20-18(22)13-7-8-13/h4-6,10,13,16-17H,2-3,7-9,11-12H2,1H3/t16-,17+/m1/s1. The minimum absolute atomic E-state index is 0.0489. The van der Waals surface area contributed by atoms with Crippen LogP contribution in [-0.4, -0.2) is 48.9 Å². The number of benzene rings is 1. The highest BCUT2D eigenvalue weighted by Crippen LogP contribution is 2.42. The van der Waals surface area contributed by atoms with Crippen molar-refractivity contribution in [1.29, 1.82) is 0 Å². The third-order valence-corrected chi connectivity index (χ3v) is 8.27. The van der Waals surface area contributed by atoms with Crippen LogP contribution in [0.2, 0.25) is 0 Å². The summed E-state index contributed by atoms with van der Waals surface area (Å²) in [5, 5.41) is 0.549. The molecule has 0 unspecified atom stereocenters. The molecule has 3 aliphatic rings. The van der Waals surface area contributed by atoms with Crippen LogP contribution in [0.4, 0.5) is 5.69 Å². The van der Waals surface area contributed by atoms with E-state index in [2.05, 4.69) is 11.9 Å². The smallest absolute Gasteiger partial charge is 0.251 e. The van der Waals surface area contributed by atoms with Gasteiger partial charge in [0.15, 0.2) is 15.0 Å². The number of rotatable bonds is 6. The molecule has 0 spiro atoms. The Morgan fingerprint density at radius 3 is 2.89 bits per heavy atom. The maximum atomic E-state index is 12.3. The van der Waals surface area contributed by atoms with E-state index in [0.29, 0.717) is 11.8 Å². The predicted octanol–water partition coefficient (Wildman–Crippen LogP) is 2.88. The molecule has 3 fully saturated rings. The summed E-state index contributed by atoms with van der Waals surface area (Å²) in [6, 6.07) is 7.46. The van der Waals surface area contributed by atoms with Crippen molar-refractivity contribution in [2.24, 2.45) is 10.9 Å². The number of unbranched alkanes of at least 4 members (excludes halogenated alkanes) is 1. The average Bonchev–Trinajstić information content (AvgIpc) is 3.36. The van der Waals surface area contributed by atoms with E-state index in [-0.39, 0.29) is 34.6 Å². The molecule has 6 nitrogen and oxygen atoms in total. The summed E-state index contributed by atoms with van der Waals surface area (Å²) >= 11 is 1.42. The second-order valence-corrected chi connectivity index (χ2v) is 10.7. The molecule has 8 heteroatoms. The molecule has 1 saturated carbocycles. The van der Waals surface area contributed by atoms with Crippen LogP contribution < -0.4 is 9.64 Å². The number of hydrogen-bond donors (Lipinski definition) is 0. The zero-order valence-electron chi connectivity index (χ0n) is 15.3. The zero-order valence-corrected chi connectivity index (χ0v) is 17.0. The topological polar surface area (TPSA) is 76.0 Å². The Kier molecular flexibility index (Phi) is 5.20. The van der Waals surface area contributed by atoms with Gasteiger partial charge in [0.25, 0.3) is 5.91 Å². The number of thioether (sulfide) groups is 1. The van der Waals surface area contributed by atoms with Gasteiger partial charge in [-0.25, -0.2) is 8.42 Å². The number of ether oxygens (including phenoxy) is 1. The van der Waals surface area contributed by atoms with Crippen LogP contribution in [0.3, 0.4) is 0 Å². The van der Waals surface area contributed by atoms with Crippen LogP contribution in [0, 0.1) is 5.92 Å². The molecule has 1 aromatic rings. The summed E-state index contributed by atoms with van der Waals surface area (Å²) in [6.07, 6.45) is 3.85. The molecule has 4 rings (SSSR count). The number of anilines is 1. The molecule has 2 saturated heterocycles. The number of carbonyl (C=O) groups excluding carboxylic acids is 1. The summed E-state index contributed by atoms with van der Waals surface area (Å²) in [7, 11) is -3.06. The Hall–Kier alpha value is -1.54. The van der Waals surface area contributed by atoms with Crippen molar-refractivity contribution < 1.29 is 17.9 Å². The van der Waals surface area contributed by atoms with E-state index < -0.39 is 9.84 Å². The lowest BCUT2D eigenvalue weighted by atomic mass is 10.2. The van der Waals surface area contributed by atoms with Gasteiger partial charge in [-0.05, 0) is 31.4 Å². The largest absolute Gasteiger partial charge is 0.494 e. The van der Waals surface area contributed by atoms with Crippen molar-refractivity contribution >= 4 is 38.4 Å². The molecule has 2 heterocycles. The molecule has 146 valence electrons. The molecule has 1 aliphatic carbocycles. The second-order valence-electron chi connectivity index (χ2n) is 7.38. The fraction of sp³-hybridized carbons (Fsp3) is 0.579. The molecule has 0 bridgehead atoms. The summed E-state index contributed by atoms with van der Waals surface area (Å²) in [4.78, 5) is 18.6. The molecule has 2 aliphatic heterocycles. The predicted molar refractivity (Wildman–Crippen MR) is 108 cm³/mol. The molecule has 0 radical (unpaired) electrons. The van der Waals surface area contributed by atoms with Gasteiger partial charge in [0.2, 0.25) is 0 Å². The monoisotopic (exact) mass is 408 g/mol. The molecular formula is C19H24N2O4S2. The number of hydrogen-bond acceptors (Lipinski definition) is 5. The number of aliphatic imine (C=N–C) groups is 1. The normalized spacial score (nSPS) is 27.7. The number of amidine groups is 1. The van der Waals surface area contributed by atoms with Gasteiger partial charge in [-0.1, -0.05) is 31.2 Å². The summed E-state index contributed by atoms with van der Waals surface area (Å²) in [6.45, 7) is 2.76.